The minimum absolute atomic E-state index is 0.0632. The van der Waals surface area contributed by atoms with Gasteiger partial charge in [0.05, 0.1) is 23.9 Å². The van der Waals surface area contributed by atoms with Crippen LogP contribution in [0.25, 0.3) is 0 Å². The molecule has 6 heteroatoms. The van der Waals surface area contributed by atoms with Crippen LogP contribution in [0.3, 0.4) is 0 Å². The van der Waals surface area contributed by atoms with Crippen LogP contribution in [0.4, 0.5) is 0 Å². The van der Waals surface area contributed by atoms with E-state index >= 15 is 0 Å². The maximum atomic E-state index is 11.4. The molecule has 17 heavy (non-hydrogen) atoms. The molecule has 0 bridgehead atoms. The number of nitrogens with zero attached hydrogens (tertiary/aromatic N) is 2. The first-order valence-corrected chi connectivity index (χ1v) is 7.64. The molecule has 1 aromatic rings. The molecule has 0 aliphatic heterocycles. The number of ether oxygens (including phenoxy) is 1. The van der Waals surface area contributed by atoms with Crippen molar-refractivity contribution in [2.24, 2.45) is 0 Å². The van der Waals surface area contributed by atoms with Crippen LogP contribution >= 0.6 is 0 Å². The van der Waals surface area contributed by atoms with Crippen molar-refractivity contribution in [1.29, 1.82) is 0 Å². The van der Waals surface area contributed by atoms with Crippen molar-refractivity contribution in [2.75, 3.05) is 18.1 Å². The Balaban J connectivity index is 2.40. The number of hydrogen-bond donors (Lipinski definition) is 0. The van der Waals surface area contributed by atoms with E-state index in [-0.39, 0.29) is 24.2 Å². The first kappa shape index (κ1) is 14.0. The van der Waals surface area contributed by atoms with E-state index in [0.29, 0.717) is 12.2 Å². The molecule has 0 saturated heterocycles. The largest absolute Gasteiger partial charge is 0.489 e. The summed E-state index contributed by atoms with van der Waals surface area (Å²) in [5.74, 6) is 0.903. The smallest absolute Gasteiger partial charge is 0.157 e. The SMILES string of the molecule is CCCS(=O)(=O)CCOc1cnn(C(C)C)c1. The molecule has 0 unspecified atom stereocenters. The molecule has 0 aliphatic rings. The van der Waals surface area contributed by atoms with E-state index in [1.54, 1.807) is 17.1 Å². The van der Waals surface area contributed by atoms with E-state index < -0.39 is 9.84 Å². The first-order chi connectivity index (χ1) is 7.94. The minimum atomic E-state index is -2.96. The molecule has 98 valence electrons. The lowest BCUT2D eigenvalue weighted by Gasteiger charge is -2.05. The molecular formula is C11H20N2O3S. The molecule has 1 rings (SSSR count). The van der Waals surface area contributed by atoms with Crippen molar-refractivity contribution in [1.82, 2.24) is 9.78 Å². The second kappa shape index (κ2) is 6.05. The van der Waals surface area contributed by atoms with E-state index in [0.717, 1.165) is 0 Å². The van der Waals surface area contributed by atoms with Gasteiger partial charge in [-0.1, -0.05) is 6.92 Å². The maximum Gasteiger partial charge on any atom is 0.157 e. The lowest BCUT2D eigenvalue weighted by Crippen LogP contribution is -2.16. The van der Waals surface area contributed by atoms with Crippen LogP contribution in [-0.4, -0.2) is 36.3 Å². The van der Waals surface area contributed by atoms with Gasteiger partial charge in [0.1, 0.15) is 6.61 Å². The summed E-state index contributed by atoms with van der Waals surface area (Å²) in [5.41, 5.74) is 0. The Labute approximate surface area is 103 Å². The highest BCUT2D eigenvalue weighted by molar-refractivity contribution is 7.91. The van der Waals surface area contributed by atoms with Gasteiger partial charge in [-0.2, -0.15) is 5.10 Å². The molecule has 0 fully saturated rings. The zero-order chi connectivity index (χ0) is 12.9. The van der Waals surface area contributed by atoms with Crippen molar-refractivity contribution >= 4 is 9.84 Å². The Hall–Kier alpha value is -1.04. The molecule has 1 aromatic heterocycles. The Bertz CT molecular complexity index is 437. The van der Waals surface area contributed by atoms with E-state index in [2.05, 4.69) is 5.10 Å². The van der Waals surface area contributed by atoms with Gasteiger partial charge in [-0.05, 0) is 20.3 Å². The highest BCUT2D eigenvalue weighted by Crippen LogP contribution is 2.12. The Kier molecular flexibility index (Phi) is 4.99. The van der Waals surface area contributed by atoms with Crippen LogP contribution in [0.1, 0.15) is 33.2 Å². The van der Waals surface area contributed by atoms with E-state index in [1.165, 1.54) is 0 Å². The molecule has 0 aliphatic carbocycles. The van der Waals surface area contributed by atoms with E-state index in [1.807, 2.05) is 20.8 Å². The number of rotatable bonds is 7. The quantitative estimate of drug-likeness (QED) is 0.748. The molecule has 0 atom stereocenters. The fourth-order valence-electron chi connectivity index (χ4n) is 1.38. The topological polar surface area (TPSA) is 61.2 Å². The summed E-state index contributed by atoms with van der Waals surface area (Å²) in [4.78, 5) is 0. The van der Waals surface area contributed by atoms with Crippen molar-refractivity contribution in [2.45, 2.75) is 33.2 Å². The molecule has 5 nitrogen and oxygen atoms in total. The van der Waals surface area contributed by atoms with Crippen LogP contribution in [-0.2, 0) is 9.84 Å². The van der Waals surface area contributed by atoms with Gasteiger partial charge in [-0.25, -0.2) is 8.42 Å². The normalized spacial score (nSPS) is 12.0. The first-order valence-electron chi connectivity index (χ1n) is 5.82. The number of hydrogen-bond acceptors (Lipinski definition) is 4. The summed E-state index contributed by atoms with van der Waals surface area (Å²) in [6.07, 6.45) is 4.02. The molecule has 1 heterocycles. The number of aromatic nitrogens is 2. The molecule has 0 radical (unpaired) electrons. The summed E-state index contributed by atoms with van der Waals surface area (Å²) in [7, 11) is -2.96. The van der Waals surface area contributed by atoms with Gasteiger partial charge in [0.2, 0.25) is 0 Å². The highest BCUT2D eigenvalue weighted by atomic mass is 32.2. The van der Waals surface area contributed by atoms with Gasteiger partial charge in [0.15, 0.2) is 15.6 Å². The van der Waals surface area contributed by atoms with Crippen molar-refractivity contribution in [3.8, 4) is 5.75 Å². The Morgan fingerprint density at radius 2 is 2.12 bits per heavy atom. The lowest BCUT2D eigenvalue weighted by atomic mass is 10.4. The lowest BCUT2D eigenvalue weighted by molar-refractivity contribution is 0.340. The number of sulfone groups is 1. The third-order valence-corrected chi connectivity index (χ3v) is 4.10. The average Bonchev–Trinajstić information content (AvgIpc) is 2.66. The van der Waals surface area contributed by atoms with Gasteiger partial charge < -0.3 is 4.74 Å². The van der Waals surface area contributed by atoms with Crippen LogP contribution in [0.5, 0.6) is 5.75 Å². The summed E-state index contributed by atoms with van der Waals surface area (Å²) in [5, 5.41) is 4.11. The monoisotopic (exact) mass is 260 g/mol. The minimum Gasteiger partial charge on any atom is -0.489 e. The van der Waals surface area contributed by atoms with Crippen molar-refractivity contribution in [3.63, 3.8) is 0 Å². The van der Waals surface area contributed by atoms with Crippen molar-refractivity contribution in [3.05, 3.63) is 12.4 Å². The standard InChI is InChI=1S/C11H20N2O3S/c1-4-6-17(14,15)7-5-16-11-8-12-13(9-11)10(2)3/h8-10H,4-7H2,1-3H3. The summed E-state index contributed by atoms with van der Waals surface area (Å²) < 4.78 is 30.0. The van der Waals surface area contributed by atoms with Crippen LogP contribution in [0, 0.1) is 0 Å². The summed E-state index contributed by atoms with van der Waals surface area (Å²) in [6.45, 7) is 6.07. The molecule has 0 saturated carbocycles. The predicted molar refractivity (Wildman–Crippen MR) is 67.1 cm³/mol. The fraction of sp³-hybridized carbons (Fsp3) is 0.727. The molecule has 0 N–H and O–H groups in total. The van der Waals surface area contributed by atoms with Gasteiger partial charge in [-0.15, -0.1) is 0 Å². The zero-order valence-corrected chi connectivity index (χ0v) is 11.4. The highest BCUT2D eigenvalue weighted by Gasteiger charge is 2.10. The van der Waals surface area contributed by atoms with Gasteiger partial charge in [0.25, 0.3) is 0 Å². The van der Waals surface area contributed by atoms with Crippen LogP contribution < -0.4 is 4.74 Å². The second-order valence-corrected chi connectivity index (χ2v) is 6.55. The van der Waals surface area contributed by atoms with E-state index in [9.17, 15) is 8.42 Å². The molecule has 0 amide bonds. The fourth-order valence-corrected chi connectivity index (χ4v) is 2.54. The summed E-state index contributed by atoms with van der Waals surface area (Å²) in [6, 6.07) is 0.274. The Morgan fingerprint density at radius 3 is 2.65 bits per heavy atom. The molecule has 0 aromatic carbocycles. The Morgan fingerprint density at radius 1 is 1.41 bits per heavy atom. The maximum absolute atomic E-state index is 11.4. The second-order valence-electron chi connectivity index (χ2n) is 4.25. The van der Waals surface area contributed by atoms with Crippen LogP contribution in [0.15, 0.2) is 12.4 Å². The van der Waals surface area contributed by atoms with Gasteiger partial charge >= 0.3 is 0 Å². The average molecular weight is 260 g/mol. The van der Waals surface area contributed by atoms with Crippen LogP contribution in [0.2, 0.25) is 0 Å². The third-order valence-electron chi connectivity index (χ3n) is 2.29. The molecular weight excluding hydrogens is 240 g/mol. The van der Waals surface area contributed by atoms with Crippen molar-refractivity contribution < 1.29 is 13.2 Å². The third kappa shape index (κ3) is 4.77. The summed E-state index contributed by atoms with van der Waals surface area (Å²) >= 11 is 0. The van der Waals surface area contributed by atoms with Gasteiger partial charge in [0, 0.05) is 6.04 Å². The zero-order valence-electron chi connectivity index (χ0n) is 10.6. The predicted octanol–water partition coefficient (Wildman–Crippen LogP) is 1.67. The molecule has 0 spiro atoms. The van der Waals surface area contributed by atoms with Gasteiger partial charge in [-0.3, -0.25) is 4.68 Å². The van der Waals surface area contributed by atoms with E-state index in [4.69, 9.17) is 4.74 Å².